The summed E-state index contributed by atoms with van der Waals surface area (Å²) in [6, 6.07) is 1.92. The first-order valence-electron chi connectivity index (χ1n) is 6.82. The van der Waals surface area contributed by atoms with Crippen molar-refractivity contribution in [2.45, 2.75) is 52.5 Å². The lowest BCUT2D eigenvalue weighted by molar-refractivity contribution is 0.0938. The van der Waals surface area contributed by atoms with E-state index in [1.54, 1.807) is 12.3 Å². The van der Waals surface area contributed by atoms with Gasteiger partial charge in [0.15, 0.2) is 0 Å². The van der Waals surface area contributed by atoms with Gasteiger partial charge in [0, 0.05) is 17.9 Å². The fraction of sp³-hybridized carbons (Fsp3) is 0.571. The zero-order valence-corrected chi connectivity index (χ0v) is 12.0. The zero-order chi connectivity index (χ0) is 14.3. The van der Waals surface area contributed by atoms with E-state index >= 15 is 0 Å². The van der Waals surface area contributed by atoms with E-state index in [-0.39, 0.29) is 11.9 Å². The first-order valence-corrected chi connectivity index (χ1v) is 6.82. The van der Waals surface area contributed by atoms with Gasteiger partial charge >= 0.3 is 0 Å². The number of amides is 1. The number of hydrazine groups is 1. The van der Waals surface area contributed by atoms with E-state index < -0.39 is 0 Å². The van der Waals surface area contributed by atoms with Crippen LogP contribution >= 0.6 is 0 Å². The second kappa shape index (κ2) is 7.74. The number of hydrogen-bond acceptors (Lipinski definition) is 4. The molecule has 1 atom stereocenters. The summed E-state index contributed by atoms with van der Waals surface area (Å²) in [5, 5.41) is 2.97. The Balaban J connectivity index is 2.62. The van der Waals surface area contributed by atoms with Gasteiger partial charge in [0.05, 0.1) is 11.3 Å². The zero-order valence-electron chi connectivity index (χ0n) is 12.0. The van der Waals surface area contributed by atoms with Crippen LogP contribution in [0.15, 0.2) is 12.3 Å². The normalized spacial score (nSPS) is 12.0. The Hall–Kier alpha value is -1.62. The van der Waals surface area contributed by atoms with Gasteiger partial charge in [0.1, 0.15) is 0 Å². The third kappa shape index (κ3) is 4.87. The lowest BCUT2D eigenvalue weighted by Gasteiger charge is -2.15. The topological polar surface area (TPSA) is 80.0 Å². The van der Waals surface area contributed by atoms with Gasteiger partial charge in [-0.05, 0) is 26.3 Å². The van der Waals surface area contributed by atoms with Crippen molar-refractivity contribution < 1.29 is 4.79 Å². The molecule has 1 unspecified atom stereocenters. The SMILES string of the molecule is CCCCCC(C)NC(=O)c1cnc(C)cc1NN. The Morgan fingerprint density at radius 3 is 2.84 bits per heavy atom. The Labute approximate surface area is 115 Å². The number of nitrogen functional groups attached to an aromatic ring is 1. The van der Waals surface area contributed by atoms with Crippen molar-refractivity contribution in [1.82, 2.24) is 10.3 Å². The van der Waals surface area contributed by atoms with Crippen molar-refractivity contribution in [1.29, 1.82) is 0 Å². The number of hydrogen-bond donors (Lipinski definition) is 3. The molecule has 19 heavy (non-hydrogen) atoms. The molecule has 0 radical (unpaired) electrons. The van der Waals surface area contributed by atoms with Crippen LogP contribution < -0.4 is 16.6 Å². The summed E-state index contributed by atoms with van der Waals surface area (Å²) in [4.78, 5) is 16.3. The Kier molecular flexibility index (Phi) is 6.29. The molecule has 0 aliphatic heterocycles. The Bertz CT molecular complexity index is 420. The molecule has 0 saturated heterocycles. The second-order valence-electron chi connectivity index (χ2n) is 4.89. The molecular weight excluding hydrogens is 240 g/mol. The average Bonchev–Trinajstić information content (AvgIpc) is 2.38. The number of nitrogens with two attached hydrogens (primary N) is 1. The Morgan fingerprint density at radius 1 is 1.47 bits per heavy atom. The number of aryl methyl sites for hydroxylation is 1. The molecule has 106 valence electrons. The minimum absolute atomic E-state index is 0.135. The summed E-state index contributed by atoms with van der Waals surface area (Å²) < 4.78 is 0. The van der Waals surface area contributed by atoms with Crippen LogP contribution in [0.5, 0.6) is 0 Å². The average molecular weight is 264 g/mol. The number of pyridine rings is 1. The summed E-state index contributed by atoms with van der Waals surface area (Å²) in [7, 11) is 0. The van der Waals surface area contributed by atoms with E-state index in [1.807, 2.05) is 13.8 Å². The Morgan fingerprint density at radius 2 is 2.21 bits per heavy atom. The molecule has 0 bridgehead atoms. The highest BCUT2D eigenvalue weighted by molar-refractivity contribution is 5.99. The molecule has 0 aliphatic rings. The van der Waals surface area contributed by atoms with Crippen LogP contribution in [0.4, 0.5) is 5.69 Å². The fourth-order valence-corrected chi connectivity index (χ4v) is 1.93. The molecule has 4 N–H and O–H groups in total. The minimum atomic E-state index is -0.135. The van der Waals surface area contributed by atoms with Crippen LogP contribution in [0.25, 0.3) is 0 Å². The summed E-state index contributed by atoms with van der Waals surface area (Å²) in [5.74, 6) is 5.29. The minimum Gasteiger partial charge on any atom is -0.349 e. The van der Waals surface area contributed by atoms with Crippen molar-refractivity contribution in [3.05, 3.63) is 23.5 Å². The molecule has 0 aromatic carbocycles. The van der Waals surface area contributed by atoms with Crippen LogP contribution in [0, 0.1) is 6.92 Å². The number of anilines is 1. The second-order valence-corrected chi connectivity index (χ2v) is 4.89. The predicted octanol–water partition coefficient (Wildman–Crippen LogP) is 2.37. The fourth-order valence-electron chi connectivity index (χ4n) is 1.93. The third-order valence-corrected chi connectivity index (χ3v) is 3.06. The van der Waals surface area contributed by atoms with Gasteiger partial charge in [-0.25, -0.2) is 0 Å². The molecule has 1 heterocycles. The van der Waals surface area contributed by atoms with Crippen molar-refractivity contribution in [2.75, 3.05) is 5.43 Å². The smallest absolute Gasteiger partial charge is 0.255 e. The van der Waals surface area contributed by atoms with Crippen molar-refractivity contribution in [3.63, 3.8) is 0 Å². The molecule has 1 amide bonds. The number of nitrogens with zero attached hydrogens (tertiary/aromatic N) is 1. The molecule has 1 aromatic rings. The van der Waals surface area contributed by atoms with E-state index in [2.05, 4.69) is 22.7 Å². The standard InChI is InChI=1S/C14H24N4O/c1-4-5-6-7-10(2)17-14(19)12-9-16-11(3)8-13(12)18-15/h8-10H,4-7,15H2,1-3H3,(H,16,18)(H,17,19). The molecule has 0 saturated carbocycles. The largest absolute Gasteiger partial charge is 0.349 e. The number of rotatable bonds is 7. The van der Waals surface area contributed by atoms with Crippen LogP contribution in [-0.2, 0) is 0 Å². The highest BCUT2D eigenvalue weighted by Crippen LogP contribution is 2.14. The van der Waals surface area contributed by atoms with Crippen molar-refractivity contribution in [3.8, 4) is 0 Å². The molecule has 5 heteroatoms. The summed E-state index contributed by atoms with van der Waals surface area (Å²) in [6.45, 7) is 6.04. The van der Waals surface area contributed by atoms with Crippen LogP contribution in [-0.4, -0.2) is 16.9 Å². The van der Waals surface area contributed by atoms with Gasteiger partial charge in [-0.15, -0.1) is 0 Å². The number of aromatic nitrogens is 1. The summed E-state index contributed by atoms with van der Waals surface area (Å²) in [5.41, 5.74) is 4.45. The van der Waals surface area contributed by atoms with Gasteiger partial charge in [0.25, 0.3) is 5.91 Å². The summed E-state index contributed by atoms with van der Waals surface area (Å²) >= 11 is 0. The molecule has 1 aromatic heterocycles. The summed E-state index contributed by atoms with van der Waals surface area (Å²) in [6.07, 6.45) is 6.06. The number of carbonyl (C=O) groups is 1. The van der Waals surface area contributed by atoms with E-state index in [0.29, 0.717) is 11.3 Å². The van der Waals surface area contributed by atoms with Gasteiger partial charge in [-0.1, -0.05) is 26.2 Å². The lowest BCUT2D eigenvalue weighted by atomic mass is 10.1. The molecule has 0 fully saturated rings. The third-order valence-electron chi connectivity index (χ3n) is 3.06. The lowest BCUT2D eigenvalue weighted by Crippen LogP contribution is -2.33. The monoisotopic (exact) mass is 264 g/mol. The maximum Gasteiger partial charge on any atom is 0.255 e. The quantitative estimate of drug-likeness (QED) is 0.401. The molecule has 5 nitrogen and oxygen atoms in total. The number of nitrogens with one attached hydrogen (secondary N) is 2. The highest BCUT2D eigenvalue weighted by atomic mass is 16.1. The predicted molar refractivity (Wildman–Crippen MR) is 77.9 cm³/mol. The van der Waals surface area contributed by atoms with Gasteiger partial charge in [-0.2, -0.15) is 0 Å². The van der Waals surface area contributed by atoms with Crippen LogP contribution in [0.2, 0.25) is 0 Å². The van der Waals surface area contributed by atoms with Gasteiger partial charge in [-0.3, -0.25) is 15.6 Å². The van der Waals surface area contributed by atoms with Crippen molar-refractivity contribution >= 4 is 11.6 Å². The molecule has 0 aliphatic carbocycles. The van der Waals surface area contributed by atoms with Gasteiger partial charge < -0.3 is 10.7 Å². The van der Waals surface area contributed by atoms with E-state index in [1.165, 1.54) is 12.8 Å². The highest BCUT2D eigenvalue weighted by Gasteiger charge is 2.14. The number of unbranched alkanes of at least 4 members (excludes halogenated alkanes) is 2. The first-order chi connectivity index (χ1) is 9.08. The van der Waals surface area contributed by atoms with E-state index in [9.17, 15) is 4.79 Å². The van der Waals surface area contributed by atoms with Crippen molar-refractivity contribution in [2.24, 2.45) is 5.84 Å². The molecule has 1 rings (SSSR count). The van der Waals surface area contributed by atoms with E-state index in [0.717, 1.165) is 18.5 Å². The van der Waals surface area contributed by atoms with Crippen LogP contribution in [0.3, 0.4) is 0 Å². The number of carbonyl (C=O) groups excluding carboxylic acids is 1. The molecular formula is C14H24N4O. The first kappa shape index (κ1) is 15.4. The maximum absolute atomic E-state index is 12.1. The van der Waals surface area contributed by atoms with Gasteiger partial charge in [0.2, 0.25) is 0 Å². The maximum atomic E-state index is 12.1. The molecule has 0 spiro atoms. The van der Waals surface area contributed by atoms with Crippen LogP contribution in [0.1, 0.15) is 55.6 Å². The van der Waals surface area contributed by atoms with E-state index in [4.69, 9.17) is 5.84 Å².